The molecule has 0 aliphatic heterocycles. The summed E-state index contributed by atoms with van der Waals surface area (Å²) in [6.07, 6.45) is 2.03. The Kier molecular flexibility index (Phi) is 5.86. The molecule has 0 radical (unpaired) electrons. The first-order chi connectivity index (χ1) is 8.54. The molecule has 0 spiro atoms. The first-order valence-corrected chi connectivity index (χ1v) is 6.53. The van der Waals surface area contributed by atoms with Gasteiger partial charge in [-0.15, -0.1) is 0 Å². The van der Waals surface area contributed by atoms with Crippen molar-refractivity contribution in [2.24, 2.45) is 5.73 Å². The van der Waals surface area contributed by atoms with Crippen LogP contribution in [-0.4, -0.2) is 12.6 Å². The van der Waals surface area contributed by atoms with E-state index in [0.29, 0.717) is 13.0 Å². The van der Waals surface area contributed by atoms with Gasteiger partial charge in [0.05, 0.1) is 6.61 Å². The van der Waals surface area contributed by atoms with Crippen LogP contribution in [0.5, 0.6) is 0 Å². The fourth-order valence-electron chi connectivity index (χ4n) is 1.86. The third-order valence-electron chi connectivity index (χ3n) is 3.16. The van der Waals surface area contributed by atoms with Gasteiger partial charge in [0, 0.05) is 12.5 Å². The summed E-state index contributed by atoms with van der Waals surface area (Å²) in [5.41, 5.74) is 9.80. The maximum Gasteiger partial charge on any atom is 0.305 e. The zero-order chi connectivity index (χ0) is 13.5. The average Bonchev–Trinajstić information content (AvgIpc) is 2.33. The molecule has 0 aliphatic carbocycles. The zero-order valence-electron chi connectivity index (χ0n) is 11.5. The molecule has 100 valence electrons. The fraction of sp³-hybridized carbons (Fsp3) is 0.533. The Morgan fingerprint density at radius 1 is 1.33 bits per heavy atom. The molecule has 0 bridgehead atoms. The summed E-state index contributed by atoms with van der Waals surface area (Å²) >= 11 is 0. The summed E-state index contributed by atoms with van der Waals surface area (Å²) in [6.45, 7) is 6.44. The smallest absolute Gasteiger partial charge is 0.305 e. The van der Waals surface area contributed by atoms with E-state index >= 15 is 0 Å². The molecule has 3 heteroatoms. The standard InChI is InChI=1S/C15H23NO2/c1-4-18-15(17)7-5-6-14(16)13-9-8-11(2)12(3)10-13/h8-10,14H,4-7,16H2,1-3H3. The van der Waals surface area contributed by atoms with E-state index in [1.165, 1.54) is 11.1 Å². The third-order valence-corrected chi connectivity index (χ3v) is 3.16. The van der Waals surface area contributed by atoms with Crippen LogP contribution in [0.2, 0.25) is 0 Å². The minimum absolute atomic E-state index is 0.00118. The highest BCUT2D eigenvalue weighted by molar-refractivity contribution is 5.69. The first-order valence-electron chi connectivity index (χ1n) is 6.53. The van der Waals surface area contributed by atoms with Crippen molar-refractivity contribution in [1.82, 2.24) is 0 Å². The highest BCUT2D eigenvalue weighted by Crippen LogP contribution is 2.19. The maximum atomic E-state index is 11.2. The Bertz CT molecular complexity index is 401. The second-order valence-electron chi connectivity index (χ2n) is 4.65. The van der Waals surface area contributed by atoms with Gasteiger partial charge in [0.15, 0.2) is 0 Å². The van der Waals surface area contributed by atoms with Crippen LogP contribution >= 0.6 is 0 Å². The minimum atomic E-state index is -0.134. The number of hydrogen-bond donors (Lipinski definition) is 1. The van der Waals surface area contributed by atoms with Gasteiger partial charge in [-0.25, -0.2) is 0 Å². The largest absolute Gasteiger partial charge is 0.466 e. The normalized spacial score (nSPS) is 12.2. The number of aryl methyl sites for hydroxylation is 2. The van der Waals surface area contributed by atoms with Crippen molar-refractivity contribution >= 4 is 5.97 Å². The molecule has 0 amide bonds. The Balaban J connectivity index is 2.43. The summed E-state index contributed by atoms with van der Waals surface area (Å²) in [5.74, 6) is -0.134. The van der Waals surface area contributed by atoms with Crippen LogP contribution in [0.3, 0.4) is 0 Å². The molecule has 1 aromatic carbocycles. The number of benzene rings is 1. The monoisotopic (exact) mass is 249 g/mol. The molecule has 18 heavy (non-hydrogen) atoms. The molecule has 0 heterocycles. The molecule has 0 aromatic heterocycles. The lowest BCUT2D eigenvalue weighted by Gasteiger charge is -2.13. The van der Waals surface area contributed by atoms with Crippen molar-refractivity contribution in [3.63, 3.8) is 0 Å². The Labute approximate surface area is 109 Å². The second kappa shape index (κ2) is 7.17. The van der Waals surface area contributed by atoms with Crippen LogP contribution in [0.25, 0.3) is 0 Å². The predicted octanol–water partition coefficient (Wildman–Crippen LogP) is 3.04. The lowest BCUT2D eigenvalue weighted by Crippen LogP contribution is -2.12. The molecular weight excluding hydrogens is 226 g/mol. The third kappa shape index (κ3) is 4.49. The number of hydrogen-bond acceptors (Lipinski definition) is 3. The van der Waals surface area contributed by atoms with Crippen LogP contribution in [0.15, 0.2) is 18.2 Å². The van der Waals surface area contributed by atoms with Gasteiger partial charge in [0.1, 0.15) is 0 Å². The van der Waals surface area contributed by atoms with E-state index < -0.39 is 0 Å². The van der Waals surface area contributed by atoms with Crippen LogP contribution in [0.4, 0.5) is 0 Å². The molecule has 0 saturated carbocycles. The predicted molar refractivity (Wildman–Crippen MR) is 73.3 cm³/mol. The number of carbonyl (C=O) groups is 1. The van der Waals surface area contributed by atoms with Gasteiger partial charge >= 0.3 is 5.97 Å². The molecule has 0 saturated heterocycles. The highest BCUT2D eigenvalue weighted by Gasteiger charge is 2.08. The molecule has 1 atom stereocenters. The minimum Gasteiger partial charge on any atom is -0.466 e. The van der Waals surface area contributed by atoms with Gasteiger partial charge in [0.25, 0.3) is 0 Å². The van der Waals surface area contributed by atoms with E-state index in [2.05, 4.69) is 32.0 Å². The van der Waals surface area contributed by atoms with Crippen molar-refractivity contribution in [2.45, 2.75) is 46.1 Å². The number of carbonyl (C=O) groups excluding carboxylic acids is 1. The van der Waals surface area contributed by atoms with Crippen molar-refractivity contribution in [3.05, 3.63) is 34.9 Å². The molecule has 1 unspecified atom stereocenters. The summed E-state index contributed by atoms with van der Waals surface area (Å²) in [6, 6.07) is 6.29. The topological polar surface area (TPSA) is 52.3 Å². The summed E-state index contributed by atoms with van der Waals surface area (Å²) < 4.78 is 4.88. The zero-order valence-corrected chi connectivity index (χ0v) is 11.5. The second-order valence-corrected chi connectivity index (χ2v) is 4.65. The van der Waals surface area contributed by atoms with E-state index in [9.17, 15) is 4.79 Å². The molecule has 3 nitrogen and oxygen atoms in total. The van der Waals surface area contributed by atoms with Crippen LogP contribution < -0.4 is 5.73 Å². The average molecular weight is 249 g/mol. The SMILES string of the molecule is CCOC(=O)CCCC(N)c1ccc(C)c(C)c1. The molecule has 0 fully saturated rings. The molecule has 1 aromatic rings. The number of nitrogens with two attached hydrogens (primary N) is 1. The van der Waals surface area contributed by atoms with E-state index in [-0.39, 0.29) is 12.0 Å². The Hall–Kier alpha value is -1.35. The van der Waals surface area contributed by atoms with E-state index in [1.807, 2.05) is 6.92 Å². The summed E-state index contributed by atoms with van der Waals surface area (Å²) in [5, 5.41) is 0. The van der Waals surface area contributed by atoms with Gasteiger partial charge in [-0.05, 0) is 50.3 Å². The van der Waals surface area contributed by atoms with Crippen molar-refractivity contribution in [1.29, 1.82) is 0 Å². The number of esters is 1. The van der Waals surface area contributed by atoms with Gasteiger partial charge < -0.3 is 10.5 Å². The first kappa shape index (κ1) is 14.7. The fourth-order valence-corrected chi connectivity index (χ4v) is 1.86. The Morgan fingerprint density at radius 2 is 2.06 bits per heavy atom. The van der Waals surface area contributed by atoms with E-state index in [1.54, 1.807) is 0 Å². The van der Waals surface area contributed by atoms with Crippen molar-refractivity contribution in [2.75, 3.05) is 6.61 Å². The maximum absolute atomic E-state index is 11.2. The molecule has 0 aliphatic rings. The van der Waals surface area contributed by atoms with E-state index in [4.69, 9.17) is 10.5 Å². The molecular formula is C15H23NO2. The number of rotatable bonds is 6. The quantitative estimate of drug-likeness (QED) is 0.788. The van der Waals surface area contributed by atoms with Gasteiger partial charge in [-0.3, -0.25) is 4.79 Å². The molecule has 2 N–H and O–H groups in total. The van der Waals surface area contributed by atoms with Gasteiger partial charge in [0.2, 0.25) is 0 Å². The van der Waals surface area contributed by atoms with Crippen molar-refractivity contribution in [3.8, 4) is 0 Å². The highest BCUT2D eigenvalue weighted by atomic mass is 16.5. The van der Waals surface area contributed by atoms with Crippen LogP contribution in [-0.2, 0) is 9.53 Å². The van der Waals surface area contributed by atoms with Crippen LogP contribution in [0.1, 0.15) is 48.9 Å². The summed E-state index contributed by atoms with van der Waals surface area (Å²) in [7, 11) is 0. The number of ether oxygens (including phenoxy) is 1. The lowest BCUT2D eigenvalue weighted by molar-refractivity contribution is -0.143. The Morgan fingerprint density at radius 3 is 2.67 bits per heavy atom. The van der Waals surface area contributed by atoms with Gasteiger partial charge in [-0.1, -0.05) is 18.2 Å². The molecule has 1 rings (SSSR count). The van der Waals surface area contributed by atoms with Crippen molar-refractivity contribution < 1.29 is 9.53 Å². The van der Waals surface area contributed by atoms with E-state index in [0.717, 1.165) is 18.4 Å². The van der Waals surface area contributed by atoms with Gasteiger partial charge in [-0.2, -0.15) is 0 Å². The lowest BCUT2D eigenvalue weighted by atomic mass is 9.98. The van der Waals surface area contributed by atoms with Crippen LogP contribution in [0, 0.1) is 13.8 Å². The summed E-state index contributed by atoms with van der Waals surface area (Å²) in [4.78, 5) is 11.2.